The van der Waals surface area contributed by atoms with Gasteiger partial charge in [-0.1, -0.05) is 32.6 Å². The van der Waals surface area contributed by atoms with Crippen LogP contribution in [0, 0.1) is 0 Å². The summed E-state index contributed by atoms with van der Waals surface area (Å²) in [5.74, 6) is 0.497. The Hall–Kier alpha value is -1.71. The van der Waals surface area contributed by atoms with Gasteiger partial charge in [-0.05, 0) is 30.7 Å². The van der Waals surface area contributed by atoms with Gasteiger partial charge < -0.3 is 15.8 Å². The summed E-state index contributed by atoms with van der Waals surface area (Å²) in [7, 11) is 1.63. The van der Waals surface area contributed by atoms with E-state index in [0.29, 0.717) is 0 Å². The molecule has 0 spiro atoms. The first-order valence-corrected chi connectivity index (χ1v) is 6.87. The minimum Gasteiger partial charge on any atom is -0.497 e. The predicted molar refractivity (Wildman–Crippen MR) is 78.4 cm³/mol. The lowest BCUT2D eigenvalue weighted by Gasteiger charge is -2.16. The zero-order chi connectivity index (χ0) is 14.1. The minimum absolute atomic E-state index is 0.299. The molecule has 0 saturated heterocycles. The van der Waals surface area contributed by atoms with Gasteiger partial charge in [0.15, 0.2) is 0 Å². The van der Waals surface area contributed by atoms with E-state index in [2.05, 4.69) is 12.2 Å². The van der Waals surface area contributed by atoms with Crippen molar-refractivity contribution in [2.45, 2.75) is 45.1 Å². The molecule has 0 bridgehead atoms. The highest BCUT2D eigenvalue weighted by Gasteiger charge is 2.14. The van der Waals surface area contributed by atoms with Crippen LogP contribution in [0.3, 0.4) is 0 Å². The molecule has 1 amide bonds. The fraction of sp³-hybridized carbons (Fsp3) is 0.533. The van der Waals surface area contributed by atoms with Gasteiger partial charge >= 0.3 is 0 Å². The van der Waals surface area contributed by atoms with E-state index in [4.69, 9.17) is 10.5 Å². The lowest BCUT2D eigenvalue weighted by Crippen LogP contribution is -2.35. The van der Waals surface area contributed by atoms with Gasteiger partial charge in [0, 0.05) is 5.69 Å². The number of hydrogen-bond donors (Lipinski definition) is 2. The molecule has 106 valence electrons. The number of anilines is 1. The molecule has 0 saturated carbocycles. The molecule has 4 nitrogen and oxygen atoms in total. The number of ether oxygens (including phenoxy) is 1. The Kier molecular flexibility index (Phi) is 6.79. The van der Waals surface area contributed by atoms with Gasteiger partial charge in [-0.15, -0.1) is 0 Å². The van der Waals surface area contributed by atoms with Crippen molar-refractivity contribution in [2.24, 2.45) is 5.73 Å². The number of benzene rings is 1. The van der Waals surface area contributed by atoms with Crippen molar-refractivity contribution in [1.82, 2.24) is 0 Å². The molecule has 1 aromatic carbocycles. The number of carbonyl (C=O) groups excluding carboxylic acids is 1. The fourth-order valence-corrected chi connectivity index (χ4v) is 1.95. The van der Waals surface area contributed by atoms with E-state index in [1.165, 1.54) is 12.8 Å². The highest BCUT2D eigenvalue weighted by Crippen LogP contribution is 2.17. The molecule has 3 N–H and O–H groups in total. The molecule has 1 rings (SSSR count). The lowest BCUT2D eigenvalue weighted by atomic mass is 10.1. The van der Waals surface area contributed by atoms with Crippen molar-refractivity contribution in [3.05, 3.63) is 24.3 Å². The van der Waals surface area contributed by atoms with Crippen molar-refractivity contribution in [2.75, 3.05) is 12.4 Å². The Morgan fingerprint density at radius 1 is 1.26 bits per heavy atom. The number of primary amides is 1. The van der Waals surface area contributed by atoms with Gasteiger partial charge in [0.1, 0.15) is 11.8 Å². The molecule has 1 aromatic rings. The van der Waals surface area contributed by atoms with E-state index < -0.39 is 0 Å². The third-order valence-electron chi connectivity index (χ3n) is 3.12. The van der Waals surface area contributed by atoms with Gasteiger partial charge in [-0.25, -0.2) is 0 Å². The summed E-state index contributed by atoms with van der Waals surface area (Å²) in [5, 5.41) is 3.18. The molecule has 1 atom stereocenters. The van der Waals surface area contributed by atoms with E-state index in [0.717, 1.165) is 30.7 Å². The molecule has 19 heavy (non-hydrogen) atoms. The Labute approximate surface area is 115 Å². The molecule has 0 aliphatic carbocycles. The summed E-state index contributed by atoms with van der Waals surface area (Å²) >= 11 is 0. The monoisotopic (exact) mass is 264 g/mol. The van der Waals surface area contributed by atoms with Crippen LogP contribution in [0.1, 0.15) is 39.0 Å². The highest BCUT2D eigenvalue weighted by molar-refractivity contribution is 5.82. The summed E-state index contributed by atoms with van der Waals surface area (Å²) in [6, 6.07) is 7.20. The van der Waals surface area contributed by atoms with Crippen molar-refractivity contribution in [3.63, 3.8) is 0 Å². The minimum atomic E-state index is -0.301. The Bertz CT molecular complexity index is 376. The van der Waals surface area contributed by atoms with Crippen molar-refractivity contribution < 1.29 is 9.53 Å². The smallest absolute Gasteiger partial charge is 0.239 e. The summed E-state index contributed by atoms with van der Waals surface area (Å²) in [6.07, 6.45) is 5.33. The van der Waals surface area contributed by atoms with Gasteiger partial charge in [0.2, 0.25) is 5.91 Å². The Morgan fingerprint density at radius 3 is 2.47 bits per heavy atom. The molecule has 0 aliphatic rings. The van der Waals surface area contributed by atoms with Crippen LogP contribution in [0.15, 0.2) is 24.3 Å². The van der Waals surface area contributed by atoms with Crippen LogP contribution in [-0.4, -0.2) is 19.1 Å². The van der Waals surface area contributed by atoms with Gasteiger partial charge in [0.25, 0.3) is 0 Å². The molecule has 1 unspecified atom stereocenters. The van der Waals surface area contributed by atoms with E-state index in [-0.39, 0.29) is 11.9 Å². The lowest BCUT2D eigenvalue weighted by molar-refractivity contribution is -0.118. The number of nitrogens with two attached hydrogens (primary N) is 1. The van der Waals surface area contributed by atoms with Gasteiger partial charge in [-0.2, -0.15) is 0 Å². The van der Waals surface area contributed by atoms with E-state index in [1.807, 2.05) is 24.3 Å². The zero-order valence-electron chi connectivity index (χ0n) is 11.8. The molecule has 0 fully saturated rings. The standard InChI is InChI=1S/C15H24N2O2/c1-3-4-5-6-7-14(15(16)18)17-12-8-10-13(19-2)11-9-12/h8-11,14,17H,3-7H2,1-2H3,(H2,16,18). The van der Waals surface area contributed by atoms with Crippen molar-refractivity contribution in [3.8, 4) is 5.75 Å². The molecule has 0 aromatic heterocycles. The number of rotatable bonds is 9. The van der Waals surface area contributed by atoms with Crippen LogP contribution in [0.25, 0.3) is 0 Å². The first-order chi connectivity index (χ1) is 9.17. The summed E-state index contributed by atoms with van der Waals surface area (Å²) in [4.78, 5) is 11.4. The van der Waals surface area contributed by atoms with E-state index in [1.54, 1.807) is 7.11 Å². The van der Waals surface area contributed by atoms with Crippen LogP contribution in [-0.2, 0) is 4.79 Å². The second-order valence-electron chi connectivity index (χ2n) is 4.68. The van der Waals surface area contributed by atoms with E-state index in [9.17, 15) is 4.79 Å². The Morgan fingerprint density at radius 2 is 1.95 bits per heavy atom. The van der Waals surface area contributed by atoms with E-state index >= 15 is 0 Å². The van der Waals surface area contributed by atoms with Crippen LogP contribution in [0.5, 0.6) is 5.75 Å². The van der Waals surface area contributed by atoms with Crippen LogP contribution < -0.4 is 15.8 Å². The van der Waals surface area contributed by atoms with Crippen molar-refractivity contribution in [1.29, 1.82) is 0 Å². The average Bonchev–Trinajstić information content (AvgIpc) is 2.42. The van der Waals surface area contributed by atoms with Gasteiger partial charge in [-0.3, -0.25) is 4.79 Å². The third-order valence-corrected chi connectivity index (χ3v) is 3.12. The SMILES string of the molecule is CCCCCCC(Nc1ccc(OC)cc1)C(N)=O. The molecular weight excluding hydrogens is 240 g/mol. The number of unbranched alkanes of at least 4 members (excludes halogenated alkanes) is 3. The van der Waals surface area contributed by atoms with Crippen LogP contribution in [0.2, 0.25) is 0 Å². The molecule has 4 heteroatoms. The number of amides is 1. The molecule has 0 radical (unpaired) electrons. The maximum atomic E-state index is 11.4. The average molecular weight is 264 g/mol. The largest absolute Gasteiger partial charge is 0.497 e. The van der Waals surface area contributed by atoms with Crippen molar-refractivity contribution >= 4 is 11.6 Å². The fourth-order valence-electron chi connectivity index (χ4n) is 1.95. The number of methoxy groups -OCH3 is 1. The van der Waals surface area contributed by atoms with Gasteiger partial charge in [0.05, 0.1) is 7.11 Å². The predicted octanol–water partition coefficient (Wildman–Crippen LogP) is 2.93. The summed E-state index contributed by atoms with van der Waals surface area (Å²) in [6.45, 7) is 2.17. The normalized spacial score (nSPS) is 11.9. The summed E-state index contributed by atoms with van der Waals surface area (Å²) < 4.78 is 5.09. The number of carbonyl (C=O) groups is 1. The Balaban J connectivity index is 2.49. The first-order valence-electron chi connectivity index (χ1n) is 6.87. The second-order valence-corrected chi connectivity index (χ2v) is 4.68. The molecular formula is C15H24N2O2. The number of nitrogens with one attached hydrogen (secondary N) is 1. The van der Waals surface area contributed by atoms with Crippen LogP contribution in [0.4, 0.5) is 5.69 Å². The first kappa shape index (κ1) is 15.3. The maximum Gasteiger partial charge on any atom is 0.239 e. The third kappa shape index (κ3) is 5.64. The topological polar surface area (TPSA) is 64.3 Å². The molecule has 0 aliphatic heterocycles. The highest BCUT2D eigenvalue weighted by atomic mass is 16.5. The summed E-state index contributed by atoms with van der Waals surface area (Å²) in [5.41, 5.74) is 6.32. The quantitative estimate of drug-likeness (QED) is 0.674. The van der Waals surface area contributed by atoms with Crippen LogP contribution >= 0.6 is 0 Å². The molecule has 0 heterocycles. The number of hydrogen-bond acceptors (Lipinski definition) is 3. The maximum absolute atomic E-state index is 11.4. The second kappa shape index (κ2) is 8.40. The zero-order valence-corrected chi connectivity index (χ0v) is 11.8.